The zero-order valence-electron chi connectivity index (χ0n) is 23.5. The molecule has 0 aliphatic carbocycles. The fraction of sp³-hybridized carbons (Fsp3) is 0.452. The number of aliphatic hydroxyl groups excluding tert-OH is 1. The molecule has 4 heterocycles. The van der Waals surface area contributed by atoms with Gasteiger partial charge in [-0.15, -0.1) is 11.7 Å². The predicted molar refractivity (Wildman–Crippen MR) is 152 cm³/mol. The summed E-state index contributed by atoms with van der Waals surface area (Å²) in [7, 11) is 0. The molecule has 1 aromatic heterocycles. The SMILES string of the molecule is C=CCN(Cn1nnc2ccccc21)C(=O)C1N([C@@H](CO)Cc2ccccc2)C(=O)[C@@H]2[C@H](C(=O)O)[C@]3(CC)CCC12O3. The first-order valence-electron chi connectivity index (χ1n) is 14.4. The predicted octanol–water partition coefficient (Wildman–Crippen LogP) is 2.25. The Hall–Kier alpha value is -4.09. The topological polar surface area (TPSA) is 138 Å². The first-order chi connectivity index (χ1) is 20.3. The lowest BCUT2D eigenvalue weighted by Crippen LogP contribution is -2.59. The molecule has 220 valence electrons. The number of carbonyl (C=O) groups excluding carboxylic acids is 2. The van der Waals surface area contributed by atoms with Crippen LogP contribution >= 0.6 is 0 Å². The molecule has 0 radical (unpaired) electrons. The third-order valence-corrected chi connectivity index (χ3v) is 9.42. The summed E-state index contributed by atoms with van der Waals surface area (Å²) in [5.41, 5.74) is -0.0690. The van der Waals surface area contributed by atoms with Gasteiger partial charge in [-0.05, 0) is 43.4 Å². The monoisotopic (exact) mass is 573 g/mol. The summed E-state index contributed by atoms with van der Waals surface area (Å²) in [6.45, 7) is 5.49. The smallest absolute Gasteiger partial charge is 0.310 e. The molecule has 2 aromatic carbocycles. The van der Waals surface area contributed by atoms with Crippen molar-refractivity contribution in [3.05, 3.63) is 72.8 Å². The minimum Gasteiger partial charge on any atom is -0.481 e. The number of aliphatic carboxylic acids is 1. The molecule has 2 amide bonds. The van der Waals surface area contributed by atoms with Crippen molar-refractivity contribution in [1.82, 2.24) is 24.8 Å². The van der Waals surface area contributed by atoms with Crippen molar-refractivity contribution < 1.29 is 29.3 Å². The quantitative estimate of drug-likeness (QED) is 0.333. The van der Waals surface area contributed by atoms with E-state index in [2.05, 4.69) is 16.9 Å². The number of hydrogen-bond donors (Lipinski definition) is 2. The molecule has 1 spiro atoms. The summed E-state index contributed by atoms with van der Waals surface area (Å²) in [4.78, 5) is 44.8. The highest BCUT2D eigenvalue weighted by molar-refractivity contribution is 5.98. The molecule has 3 aliphatic heterocycles. The Morgan fingerprint density at radius 2 is 1.93 bits per heavy atom. The molecule has 11 heteroatoms. The zero-order valence-corrected chi connectivity index (χ0v) is 23.5. The number of likely N-dealkylation sites (tertiary alicyclic amines) is 1. The number of carboxylic acids is 1. The molecule has 2 N–H and O–H groups in total. The number of ether oxygens (including phenoxy) is 1. The Balaban J connectivity index is 1.44. The number of nitrogens with zero attached hydrogens (tertiary/aromatic N) is 5. The van der Waals surface area contributed by atoms with Gasteiger partial charge in [-0.3, -0.25) is 14.4 Å². The summed E-state index contributed by atoms with van der Waals surface area (Å²) >= 11 is 0. The summed E-state index contributed by atoms with van der Waals surface area (Å²) in [5.74, 6) is -4.11. The molecule has 11 nitrogen and oxygen atoms in total. The van der Waals surface area contributed by atoms with Gasteiger partial charge in [0.25, 0.3) is 0 Å². The number of rotatable bonds is 11. The molecular formula is C31H35N5O6. The molecule has 3 fully saturated rings. The molecule has 2 unspecified atom stereocenters. The third kappa shape index (κ3) is 4.13. The van der Waals surface area contributed by atoms with Gasteiger partial charge in [-0.2, -0.15) is 0 Å². The zero-order chi connectivity index (χ0) is 29.6. The number of hydrogen-bond acceptors (Lipinski definition) is 7. The lowest BCUT2D eigenvalue weighted by atomic mass is 9.65. The molecule has 0 saturated carbocycles. The van der Waals surface area contributed by atoms with Gasteiger partial charge in [0, 0.05) is 6.54 Å². The van der Waals surface area contributed by atoms with Crippen LogP contribution in [0.3, 0.4) is 0 Å². The van der Waals surface area contributed by atoms with E-state index in [-0.39, 0.29) is 13.2 Å². The summed E-state index contributed by atoms with van der Waals surface area (Å²) in [6.07, 6.45) is 3.10. The molecule has 42 heavy (non-hydrogen) atoms. The number of amides is 2. The van der Waals surface area contributed by atoms with E-state index < -0.39 is 59.5 Å². The molecule has 3 saturated heterocycles. The standard InChI is InChI=1S/C31H35N5O6/c1-3-16-34(19-35-23-13-9-8-12-22(23)32-33-35)28(39)26-31-15-14-30(4-2,42-31)25(29(40)41)24(31)27(38)36(26)21(18-37)17-20-10-6-5-7-11-20/h3,5-13,21,24-26,37H,1,4,14-19H2,2H3,(H,40,41)/t21-,24+,25-,26?,30+,31?/m1/s1. The van der Waals surface area contributed by atoms with Crippen LogP contribution in [0.5, 0.6) is 0 Å². The first kappa shape index (κ1) is 28.0. The average molecular weight is 574 g/mol. The average Bonchev–Trinajstić information content (AvgIpc) is 3.73. The van der Waals surface area contributed by atoms with Crippen LogP contribution in [0.4, 0.5) is 0 Å². The largest absolute Gasteiger partial charge is 0.481 e. The van der Waals surface area contributed by atoms with Crippen molar-refractivity contribution in [2.75, 3.05) is 13.2 Å². The van der Waals surface area contributed by atoms with E-state index >= 15 is 0 Å². The molecule has 2 bridgehead atoms. The minimum atomic E-state index is -1.33. The van der Waals surface area contributed by atoms with Crippen LogP contribution in [0, 0.1) is 11.8 Å². The highest BCUT2D eigenvalue weighted by Crippen LogP contribution is 2.64. The van der Waals surface area contributed by atoms with Crippen molar-refractivity contribution in [3.8, 4) is 0 Å². The van der Waals surface area contributed by atoms with E-state index in [9.17, 15) is 24.6 Å². The Labute approximate surface area is 243 Å². The number of aromatic nitrogens is 3. The Kier molecular flexibility index (Phi) is 7.10. The van der Waals surface area contributed by atoms with Gasteiger partial charge in [-0.1, -0.05) is 60.7 Å². The number of benzene rings is 2. The molecule has 3 aromatic rings. The van der Waals surface area contributed by atoms with E-state index in [0.29, 0.717) is 31.2 Å². The van der Waals surface area contributed by atoms with Crippen molar-refractivity contribution in [1.29, 1.82) is 0 Å². The molecule has 3 aliphatic rings. The van der Waals surface area contributed by atoms with Gasteiger partial charge in [0.05, 0.1) is 29.7 Å². The van der Waals surface area contributed by atoms with E-state index in [1.54, 1.807) is 10.8 Å². The number of carboxylic acid groups (broad SMARTS) is 1. The second-order valence-corrected chi connectivity index (χ2v) is 11.5. The van der Waals surface area contributed by atoms with Crippen LogP contribution in [0.1, 0.15) is 31.7 Å². The maximum atomic E-state index is 14.7. The van der Waals surface area contributed by atoms with Crippen molar-refractivity contribution in [3.63, 3.8) is 0 Å². The lowest BCUT2D eigenvalue weighted by molar-refractivity contribution is -0.160. The Morgan fingerprint density at radius 1 is 1.19 bits per heavy atom. The second-order valence-electron chi connectivity index (χ2n) is 11.5. The van der Waals surface area contributed by atoms with Crippen molar-refractivity contribution >= 4 is 28.8 Å². The van der Waals surface area contributed by atoms with Crippen molar-refractivity contribution in [2.24, 2.45) is 11.8 Å². The van der Waals surface area contributed by atoms with E-state index in [1.165, 1.54) is 9.80 Å². The molecule has 6 atom stereocenters. The fourth-order valence-corrected chi connectivity index (χ4v) is 7.57. The maximum Gasteiger partial charge on any atom is 0.310 e. The van der Waals surface area contributed by atoms with Gasteiger partial charge in [-0.25, -0.2) is 4.68 Å². The number of para-hydroxylation sites is 1. The summed E-state index contributed by atoms with van der Waals surface area (Å²) in [6, 6.07) is 14.9. The van der Waals surface area contributed by atoms with Crippen LogP contribution in [0.15, 0.2) is 67.3 Å². The van der Waals surface area contributed by atoms with Crippen LogP contribution in [0.2, 0.25) is 0 Å². The first-order valence-corrected chi connectivity index (χ1v) is 14.4. The Bertz CT molecular complexity index is 1530. The minimum absolute atomic E-state index is 0.0361. The third-order valence-electron chi connectivity index (χ3n) is 9.42. The maximum absolute atomic E-state index is 14.7. The van der Waals surface area contributed by atoms with Crippen LogP contribution in [-0.4, -0.2) is 89.2 Å². The van der Waals surface area contributed by atoms with Crippen LogP contribution < -0.4 is 0 Å². The highest BCUT2D eigenvalue weighted by atomic mass is 16.5. The number of fused-ring (bicyclic) bond motifs is 2. The van der Waals surface area contributed by atoms with Gasteiger partial charge in [0.15, 0.2) is 0 Å². The van der Waals surface area contributed by atoms with Gasteiger partial charge < -0.3 is 24.7 Å². The molecular weight excluding hydrogens is 538 g/mol. The Morgan fingerprint density at radius 3 is 2.62 bits per heavy atom. The van der Waals surface area contributed by atoms with E-state index in [1.807, 2.05) is 61.5 Å². The van der Waals surface area contributed by atoms with Crippen LogP contribution in [-0.2, 0) is 32.2 Å². The van der Waals surface area contributed by atoms with Gasteiger partial charge in [0.2, 0.25) is 11.8 Å². The highest BCUT2D eigenvalue weighted by Gasteiger charge is 2.79. The van der Waals surface area contributed by atoms with Gasteiger partial charge >= 0.3 is 5.97 Å². The summed E-state index contributed by atoms with van der Waals surface area (Å²) in [5, 5.41) is 29.4. The van der Waals surface area contributed by atoms with Gasteiger partial charge in [0.1, 0.15) is 29.7 Å². The normalized spacial score (nSPS) is 28.7. The number of carbonyl (C=O) groups is 3. The molecule has 6 rings (SSSR count). The number of aliphatic hydroxyl groups is 1. The van der Waals surface area contributed by atoms with Crippen LogP contribution in [0.25, 0.3) is 11.0 Å². The fourth-order valence-electron chi connectivity index (χ4n) is 7.57. The lowest BCUT2D eigenvalue weighted by Gasteiger charge is -2.39. The second kappa shape index (κ2) is 10.6. The van der Waals surface area contributed by atoms with Crippen molar-refractivity contribution in [2.45, 2.75) is 62.6 Å². The van der Waals surface area contributed by atoms with E-state index in [4.69, 9.17) is 4.74 Å². The summed E-state index contributed by atoms with van der Waals surface area (Å²) < 4.78 is 8.29. The van der Waals surface area contributed by atoms with E-state index in [0.717, 1.165) is 11.1 Å².